The molecular formula is C18H12N4S2. The van der Waals surface area contributed by atoms with Crippen LogP contribution in [0.25, 0.3) is 26.6 Å². The highest BCUT2D eigenvalue weighted by atomic mass is 32.1. The van der Waals surface area contributed by atoms with Crippen LogP contribution in [0, 0.1) is 18.3 Å². The highest BCUT2D eigenvalue weighted by Crippen LogP contribution is 2.32. The van der Waals surface area contributed by atoms with Crippen molar-refractivity contribution in [3.8, 4) is 6.07 Å². The zero-order valence-corrected chi connectivity index (χ0v) is 14.4. The third kappa shape index (κ3) is 2.64. The van der Waals surface area contributed by atoms with Gasteiger partial charge < -0.3 is 5.32 Å². The maximum atomic E-state index is 9.34. The lowest BCUT2D eigenvalue weighted by atomic mass is 10.1. The Morgan fingerprint density at radius 3 is 2.88 bits per heavy atom. The van der Waals surface area contributed by atoms with Crippen molar-refractivity contribution in [2.24, 2.45) is 0 Å². The molecule has 6 heteroatoms. The number of allylic oxidation sites excluding steroid dienone is 1. The molecule has 0 aliphatic heterocycles. The first-order valence-corrected chi connectivity index (χ1v) is 9.02. The van der Waals surface area contributed by atoms with E-state index in [2.05, 4.69) is 45.6 Å². The number of anilines is 1. The lowest BCUT2D eigenvalue weighted by Gasteiger charge is -1.96. The predicted molar refractivity (Wildman–Crippen MR) is 101 cm³/mol. The Balaban J connectivity index is 1.71. The van der Waals surface area contributed by atoms with Gasteiger partial charge in [0.1, 0.15) is 16.6 Å². The Morgan fingerprint density at radius 2 is 2.08 bits per heavy atom. The molecule has 4 rings (SSSR count). The molecule has 0 radical (unpaired) electrons. The van der Waals surface area contributed by atoms with E-state index in [1.165, 1.54) is 16.7 Å². The van der Waals surface area contributed by atoms with Crippen molar-refractivity contribution >= 4 is 54.4 Å². The maximum absolute atomic E-state index is 9.34. The topological polar surface area (TPSA) is 61.6 Å². The zero-order chi connectivity index (χ0) is 16.5. The van der Waals surface area contributed by atoms with Crippen LogP contribution in [0.2, 0.25) is 0 Å². The van der Waals surface area contributed by atoms with Crippen LogP contribution in [0.4, 0.5) is 5.13 Å². The van der Waals surface area contributed by atoms with Crippen LogP contribution in [-0.2, 0) is 0 Å². The number of nitriles is 1. The molecule has 0 fully saturated rings. The molecule has 1 N–H and O–H groups in total. The fourth-order valence-corrected chi connectivity index (χ4v) is 4.09. The summed E-state index contributed by atoms with van der Waals surface area (Å²) in [6.45, 7) is 1.92. The lowest BCUT2D eigenvalue weighted by molar-refractivity contribution is 1.24. The van der Waals surface area contributed by atoms with Crippen molar-refractivity contribution < 1.29 is 0 Å². The summed E-state index contributed by atoms with van der Waals surface area (Å²) in [5, 5.41) is 18.2. The fraction of sp³-hybridized carbons (Fsp3) is 0.0556. The summed E-state index contributed by atoms with van der Waals surface area (Å²) in [5.41, 5.74) is 2.41. The second-order valence-electron chi connectivity index (χ2n) is 5.26. The number of hydrogen-bond donors (Lipinski definition) is 1. The van der Waals surface area contributed by atoms with Gasteiger partial charge in [0, 0.05) is 22.7 Å². The Hall–Kier alpha value is -2.75. The van der Waals surface area contributed by atoms with Crippen LogP contribution in [0.15, 0.2) is 48.0 Å². The molecule has 24 heavy (non-hydrogen) atoms. The van der Waals surface area contributed by atoms with Gasteiger partial charge in [0.2, 0.25) is 0 Å². The molecule has 0 saturated heterocycles. The van der Waals surface area contributed by atoms with Crippen molar-refractivity contribution in [2.45, 2.75) is 6.92 Å². The Morgan fingerprint density at radius 1 is 1.21 bits per heavy atom. The minimum absolute atomic E-state index is 0.511. The number of nitrogens with zero attached hydrogens (tertiary/aromatic N) is 3. The van der Waals surface area contributed by atoms with E-state index in [4.69, 9.17) is 0 Å². The van der Waals surface area contributed by atoms with Crippen LogP contribution >= 0.6 is 22.7 Å². The Kier molecular flexibility index (Phi) is 3.73. The second-order valence-corrected chi connectivity index (χ2v) is 7.15. The first-order chi connectivity index (χ1) is 11.7. The summed E-state index contributed by atoms with van der Waals surface area (Å²) in [6.07, 6.45) is 1.68. The van der Waals surface area contributed by atoms with E-state index < -0.39 is 0 Å². The molecule has 4 aromatic rings. The summed E-state index contributed by atoms with van der Waals surface area (Å²) in [7, 11) is 0. The largest absolute Gasteiger partial charge is 0.337 e. The van der Waals surface area contributed by atoms with Crippen molar-refractivity contribution in [3.05, 3.63) is 58.7 Å². The van der Waals surface area contributed by atoms with E-state index in [0.29, 0.717) is 10.6 Å². The van der Waals surface area contributed by atoms with Gasteiger partial charge in [-0.2, -0.15) is 5.26 Å². The first kappa shape index (κ1) is 14.8. The van der Waals surface area contributed by atoms with Gasteiger partial charge in [-0.3, -0.25) is 0 Å². The highest BCUT2D eigenvalue weighted by Gasteiger charge is 2.08. The van der Waals surface area contributed by atoms with E-state index in [9.17, 15) is 5.26 Å². The number of rotatable bonds is 3. The van der Waals surface area contributed by atoms with Crippen LogP contribution in [0.3, 0.4) is 0 Å². The zero-order valence-electron chi connectivity index (χ0n) is 12.8. The highest BCUT2D eigenvalue weighted by molar-refractivity contribution is 7.22. The van der Waals surface area contributed by atoms with Gasteiger partial charge in [-0.25, -0.2) is 9.97 Å². The summed E-state index contributed by atoms with van der Waals surface area (Å²) in [6, 6.07) is 14.6. The number of benzene rings is 2. The minimum atomic E-state index is 0.511. The Labute approximate surface area is 146 Å². The van der Waals surface area contributed by atoms with Gasteiger partial charge in [-0.15, -0.1) is 11.3 Å². The molecule has 2 aromatic heterocycles. The van der Waals surface area contributed by atoms with E-state index >= 15 is 0 Å². The smallest absolute Gasteiger partial charge is 0.187 e. The number of nitrogens with one attached hydrogen (secondary N) is 1. The molecule has 0 saturated carbocycles. The van der Waals surface area contributed by atoms with Gasteiger partial charge in [-0.1, -0.05) is 41.7 Å². The maximum Gasteiger partial charge on any atom is 0.187 e. The van der Waals surface area contributed by atoms with Gasteiger partial charge in [0.25, 0.3) is 0 Å². The Bertz CT molecular complexity index is 1110. The van der Waals surface area contributed by atoms with Gasteiger partial charge >= 0.3 is 0 Å². The van der Waals surface area contributed by atoms with E-state index in [-0.39, 0.29) is 0 Å². The number of hydrogen-bond acceptors (Lipinski definition) is 6. The normalized spacial score (nSPS) is 11.8. The molecule has 4 nitrogen and oxygen atoms in total. The number of fused-ring (bicyclic) bond motifs is 3. The van der Waals surface area contributed by atoms with Crippen molar-refractivity contribution in [1.82, 2.24) is 9.97 Å². The summed E-state index contributed by atoms with van der Waals surface area (Å²) < 4.78 is 1.12. The second kappa shape index (κ2) is 6.04. The molecule has 2 aromatic carbocycles. The summed E-state index contributed by atoms with van der Waals surface area (Å²) in [5.74, 6) is 0. The standard InChI is InChI=1S/C18H12N4S2/c1-11-10-23-17(21-11)13(8-19)9-20-18-22-16-14-5-3-2-4-12(14)6-7-15(16)24-18/h2-7,9-10H,1H3,(H,20,22)/b13-9+. The number of thiazole rings is 2. The molecule has 2 heterocycles. The van der Waals surface area contributed by atoms with Crippen LogP contribution in [0.5, 0.6) is 0 Å². The van der Waals surface area contributed by atoms with Crippen molar-refractivity contribution in [3.63, 3.8) is 0 Å². The molecule has 0 atom stereocenters. The fourth-order valence-electron chi connectivity index (χ4n) is 2.48. The van der Waals surface area contributed by atoms with Crippen molar-refractivity contribution in [2.75, 3.05) is 5.32 Å². The minimum Gasteiger partial charge on any atom is -0.337 e. The van der Waals surface area contributed by atoms with E-state index in [1.54, 1.807) is 17.5 Å². The molecular weight excluding hydrogens is 336 g/mol. The van der Waals surface area contributed by atoms with Crippen LogP contribution in [-0.4, -0.2) is 9.97 Å². The lowest BCUT2D eigenvalue weighted by Crippen LogP contribution is -1.90. The third-order valence-electron chi connectivity index (χ3n) is 3.59. The summed E-state index contributed by atoms with van der Waals surface area (Å²) in [4.78, 5) is 9.03. The molecule has 0 spiro atoms. The number of aryl methyl sites for hydroxylation is 1. The quantitative estimate of drug-likeness (QED) is 0.518. The average Bonchev–Trinajstić information content (AvgIpc) is 3.22. The molecule has 0 amide bonds. The average molecular weight is 348 g/mol. The monoisotopic (exact) mass is 348 g/mol. The van der Waals surface area contributed by atoms with Gasteiger partial charge in [-0.05, 0) is 18.4 Å². The van der Waals surface area contributed by atoms with Gasteiger partial charge in [0.15, 0.2) is 5.13 Å². The van der Waals surface area contributed by atoms with Crippen LogP contribution in [0.1, 0.15) is 10.7 Å². The van der Waals surface area contributed by atoms with Crippen molar-refractivity contribution in [1.29, 1.82) is 5.26 Å². The molecule has 0 unspecified atom stereocenters. The van der Waals surface area contributed by atoms with Crippen LogP contribution < -0.4 is 5.32 Å². The summed E-state index contributed by atoms with van der Waals surface area (Å²) >= 11 is 3.04. The molecule has 0 aliphatic rings. The SMILES string of the molecule is Cc1csc(/C(C#N)=C/Nc2nc3c(ccc4ccccc43)s2)n1. The first-order valence-electron chi connectivity index (χ1n) is 7.32. The van der Waals surface area contributed by atoms with E-state index in [1.807, 2.05) is 24.4 Å². The molecule has 116 valence electrons. The third-order valence-corrected chi connectivity index (χ3v) is 5.54. The molecule has 0 bridgehead atoms. The molecule has 0 aliphatic carbocycles. The van der Waals surface area contributed by atoms with Gasteiger partial charge in [0.05, 0.1) is 10.2 Å². The number of aromatic nitrogens is 2. The predicted octanol–water partition coefficient (Wildman–Crippen LogP) is 5.19. The van der Waals surface area contributed by atoms with E-state index in [0.717, 1.165) is 26.4 Å².